The van der Waals surface area contributed by atoms with Crippen LogP contribution in [-0.2, 0) is 16.0 Å². The topological polar surface area (TPSA) is 49.4 Å². The third-order valence-electron chi connectivity index (χ3n) is 4.24. The van der Waals surface area contributed by atoms with Crippen LogP contribution in [0.3, 0.4) is 0 Å². The maximum absolute atomic E-state index is 12.2. The highest BCUT2D eigenvalue weighted by Crippen LogP contribution is 2.18. The van der Waals surface area contributed by atoms with Crippen molar-refractivity contribution in [3.8, 4) is 0 Å². The molecule has 1 aliphatic rings. The van der Waals surface area contributed by atoms with Crippen molar-refractivity contribution in [1.29, 1.82) is 0 Å². The maximum Gasteiger partial charge on any atom is 0.223 e. The van der Waals surface area contributed by atoms with Crippen molar-refractivity contribution in [3.63, 3.8) is 0 Å². The van der Waals surface area contributed by atoms with Crippen LogP contribution in [0.5, 0.6) is 0 Å². The van der Waals surface area contributed by atoms with Crippen molar-refractivity contribution in [3.05, 3.63) is 35.9 Å². The first-order valence-corrected chi connectivity index (χ1v) is 8.30. The van der Waals surface area contributed by atoms with Gasteiger partial charge >= 0.3 is 0 Å². The van der Waals surface area contributed by atoms with Gasteiger partial charge in [0.1, 0.15) is 0 Å². The Labute approximate surface area is 132 Å². The molecule has 0 radical (unpaired) electrons. The van der Waals surface area contributed by atoms with Gasteiger partial charge in [-0.1, -0.05) is 37.3 Å². The number of hydrogen-bond donors (Lipinski definition) is 1. The molecule has 120 valence electrons. The first-order valence-electron chi connectivity index (χ1n) is 8.30. The summed E-state index contributed by atoms with van der Waals surface area (Å²) in [6.07, 6.45) is 3.94. The number of amides is 2. The Kier molecular flexibility index (Phi) is 6.44. The molecule has 4 nitrogen and oxygen atoms in total. The second-order valence-electron chi connectivity index (χ2n) is 5.93. The molecular formula is C18H26N2O2. The molecule has 0 atom stereocenters. The minimum absolute atomic E-state index is 0.0569. The highest BCUT2D eigenvalue weighted by molar-refractivity contribution is 5.80. The molecule has 0 aliphatic carbocycles. The number of nitrogens with zero attached hydrogens (tertiary/aromatic N) is 1. The molecule has 0 saturated carbocycles. The van der Waals surface area contributed by atoms with E-state index in [0.717, 1.165) is 38.8 Å². The molecule has 1 heterocycles. The van der Waals surface area contributed by atoms with Crippen LogP contribution in [0.2, 0.25) is 0 Å². The third-order valence-corrected chi connectivity index (χ3v) is 4.24. The lowest BCUT2D eigenvalue weighted by atomic mass is 9.95. The van der Waals surface area contributed by atoms with Crippen molar-refractivity contribution in [2.45, 2.75) is 39.0 Å². The number of piperidine rings is 1. The predicted octanol–water partition coefficient (Wildman–Crippen LogP) is 2.38. The van der Waals surface area contributed by atoms with Gasteiger partial charge < -0.3 is 10.2 Å². The quantitative estimate of drug-likeness (QED) is 0.877. The maximum atomic E-state index is 12.2. The van der Waals surface area contributed by atoms with Gasteiger partial charge in [-0.05, 0) is 31.2 Å². The highest BCUT2D eigenvalue weighted by atomic mass is 16.2. The lowest BCUT2D eigenvalue weighted by molar-refractivity contribution is -0.135. The standard InChI is InChI=1S/C18H26N2O2/c1-2-6-17(21)20-13-10-16(11-14-20)18(22)19-12-9-15-7-4-3-5-8-15/h3-5,7-8,16H,2,6,9-14H2,1H3,(H,19,22). The Balaban J connectivity index is 1.68. The van der Waals surface area contributed by atoms with Crippen LogP contribution in [0.4, 0.5) is 0 Å². The van der Waals surface area contributed by atoms with Crippen molar-refractivity contribution in [2.75, 3.05) is 19.6 Å². The first-order chi connectivity index (χ1) is 10.7. The second kappa shape index (κ2) is 8.57. The van der Waals surface area contributed by atoms with Gasteiger partial charge in [0.15, 0.2) is 0 Å². The molecule has 2 rings (SSSR count). The van der Waals surface area contributed by atoms with Gasteiger partial charge in [0, 0.05) is 32.0 Å². The summed E-state index contributed by atoms with van der Waals surface area (Å²) in [5.41, 5.74) is 1.24. The zero-order chi connectivity index (χ0) is 15.8. The van der Waals surface area contributed by atoms with Gasteiger partial charge in [-0.15, -0.1) is 0 Å². The number of rotatable bonds is 6. The average Bonchev–Trinajstić information content (AvgIpc) is 2.56. The lowest BCUT2D eigenvalue weighted by Crippen LogP contribution is -2.43. The van der Waals surface area contributed by atoms with E-state index in [1.807, 2.05) is 30.0 Å². The molecule has 1 aromatic rings. The van der Waals surface area contributed by atoms with Crippen LogP contribution in [-0.4, -0.2) is 36.3 Å². The molecule has 1 aromatic carbocycles. The van der Waals surface area contributed by atoms with E-state index in [4.69, 9.17) is 0 Å². The largest absolute Gasteiger partial charge is 0.356 e. The summed E-state index contributed by atoms with van der Waals surface area (Å²) in [4.78, 5) is 25.9. The second-order valence-corrected chi connectivity index (χ2v) is 5.93. The van der Waals surface area contributed by atoms with E-state index < -0.39 is 0 Å². The van der Waals surface area contributed by atoms with Crippen LogP contribution in [0.25, 0.3) is 0 Å². The van der Waals surface area contributed by atoms with Gasteiger partial charge in [0.25, 0.3) is 0 Å². The predicted molar refractivity (Wildman–Crippen MR) is 87.4 cm³/mol. The summed E-state index contributed by atoms with van der Waals surface area (Å²) < 4.78 is 0. The Morgan fingerprint density at radius 2 is 1.86 bits per heavy atom. The van der Waals surface area contributed by atoms with Crippen molar-refractivity contribution < 1.29 is 9.59 Å². The van der Waals surface area contributed by atoms with Crippen LogP contribution < -0.4 is 5.32 Å². The van der Waals surface area contributed by atoms with E-state index in [2.05, 4.69) is 17.4 Å². The molecule has 1 aliphatic heterocycles. The van der Waals surface area contributed by atoms with Crippen LogP contribution in [0, 0.1) is 5.92 Å². The minimum atomic E-state index is 0.0569. The average molecular weight is 302 g/mol. The summed E-state index contributed by atoms with van der Waals surface area (Å²) in [5.74, 6) is 0.422. The monoisotopic (exact) mass is 302 g/mol. The lowest BCUT2D eigenvalue weighted by Gasteiger charge is -2.31. The molecule has 1 N–H and O–H groups in total. The summed E-state index contributed by atoms with van der Waals surface area (Å²) >= 11 is 0. The number of benzene rings is 1. The van der Waals surface area contributed by atoms with E-state index >= 15 is 0 Å². The fourth-order valence-corrected chi connectivity index (χ4v) is 2.88. The summed E-state index contributed by atoms with van der Waals surface area (Å²) in [5, 5.41) is 3.03. The van der Waals surface area contributed by atoms with Crippen LogP contribution in [0.1, 0.15) is 38.2 Å². The molecule has 1 saturated heterocycles. The van der Waals surface area contributed by atoms with Crippen LogP contribution >= 0.6 is 0 Å². The first kappa shape index (κ1) is 16.5. The highest BCUT2D eigenvalue weighted by Gasteiger charge is 2.26. The minimum Gasteiger partial charge on any atom is -0.356 e. The molecular weight excluding hydrogens is 276 g/mol. The van der Waals surface area contributed by atoms with Crippen molar-refractivity contribution in [1.82, 2.24) is 10.2 Å². The Hall–Kier alpha value is -1.84. The number of carbonyl (C=O) groups is 2. The van der Waals surface area contributed by atoms with Crippen molar-refractivity contribution in [2.24, 2.45) is 5.92 Å². The fraction of sp³-hybridized carbons (Fsp3) is 0.556. The Morgan fingerprint density at radius 3 is 2.50 bits per heavy atom. The van der Waals surface area contributed by atoms with E-state index in [1.54, 1.807) is 0 Å². The van der Waals surface area contributed by atoms with E-state index in [9.17, 15) is 9.59 Å². The van der Waals surface area contributed by atoms with Crippen LogP contribution in [0.15, 0.2) is 30.3 Å². The van der Waals surface area contributed by atoms with E-state index in [-0.39, 0.29) is 17.7 Å². The number of likely N-dealkylation sites (tertiary alicyclic amines) is 1. The summed E-state index contributed by atoms with van der Waals surface area (Å²) in [6.45, 7) is 4.13. The van der Waals surface area contributed by atoms with Crippen molar-refractivity contribution >= 4 is 11.8 Å². The molecule has 22 heavy (non-hydrogen) atoms. The SMILES string of the molecule is CCCC(=O)N1CCC(C(=O)NCCc2ccccc2)CC1. The van der Waals surface area contributed by atoms with E-state index in [1.165, 1.54) is 5.56 Å². The summed E-state index contributed by atoms with van der Waals surface area (Å²) in [7, 11) is 0. The van der Waals surface area contributed by atoms with Gasteiger partial charge in [-0.2, -0.15) is 0 Å². The molecule has 0 bridgehead atoms. The molecule has 0 unspecified atom stereocenters. The van der Waals surface area contributed by atoms with Gasteiger partial charge in [-0.25, -0.2) is 0 Å². The number of carbonyl (C=O) groups excluding carboxylic acids is 2. The molecule has 2 amide bonds. The zero-order valence-electron chi connectivity index (χ0n) is 13.4. The normalized spacial score (nSPS) is 15.6. The summed E-state index contributed by atoms with van der Waals surface area (Å²) in [6, 6.07) is 10.2. The molecule has 0 spiro atoms. The third kappa shape index (κ3) is 4.86. The Morgan fingerprint density at radius 1 is 1.18 bits per heavy atom. The Bertz CT molecular complexity index is 479. The smallest absolute Gasteiger partial charge is 0.223 e. The fourth-order valence-electron chi connectivity index (χ4n) is 2.88. The number of hydrogen-bond acceptors (Lipinski definition) is 2. The molecule has 1 fully saturated rings. The van der Waals surface area contributed by atoms with E-state index in [0.29, 0.717) is 13.0 Å². The van der Waals surface area contributed by atoms with Gasteiger partial charge in [0.2, 0.25) is 11.8 Å². The van der Waals surface area contributed by atoms with Gasteiger partial charge in [0.05, 0.1) is 0 Å². The van der Waals surface area contributed by atoms with Gasteiger partial charge in [-0.3, -0.25) is 9.59 Å². The molecule has 0 aromatic heterocycles. The number of nitrogens with one attached hydrogen (secondary N) is 1. The zero-order valence-corrected chi connectivity index (χ0v) is 13.4. The molecule has 4 heteroatoms.